The van der Waals surface area contributed by atoms with E-state index in [-0.39, 0.29) is 18.9 Å². The number of hydrogen-bond acceptors (Lipinski definition) is 7. The van der Waals surface area contributed by atoms with Gasteiger partial charge in [-0.25, -0.2) is 23.5 Å². The number of methoxy groups -OCH3 is 1. The molecule has 1 aromatic carbocycles. The minimum absolute atomic E-state index is 0.151. The summed E-state index contributed by atoms with van der Waals surface area (Å²) >= 11 is 0. The van der Waals surface area contributed by atoms with Crippen molar-refractivity contribution in [3.05, 3.63) is 53.5 Å². The Bertz CT molecular complexity index is 1510. The van der Waals surface area contributed by atoms with Crippen molar-refractivity contribution in [2.45, 2.75) is 63.1 Å². The van der Waals surface area contributed by atoms with Gasteiger partial charge in [-0.2, -0.15) is 0 Å². The highest BCUT2D eigenvalue weighted by Gasteiger charge is 2.55. The maximum absolute atomic E-state index is 13.7. The zero-order valence-electron chi connectivity index (χ0n) is 23.0. The van der Waals surface area contributed by atoms with Crippen LogP contribution in [0.25, 0.3) is 16.9 Å². The molecule has 3 fully saturated rings. The van der Waals surface area contributed by atoms with Crippen LogP contribution in [0.3, 0.4) is 0 Å². The molecule has 1 N–H and O–H groups in total. The van der Waals surface area contributed by atoms with E-state index in [1.807, 2.05) is 23.6 Å². The van der Waals surface area contributed by atoms with E-state index in [0.29, 0.717) is 17.8 Å². The molecule has 3 amide bonds. The van der Waals surface area contributed by atoms with Crippen LogP contribution in [-0.4, -0.2) is 86.4 Å². The monoisotopic (exact) mass is 566 g/mol. The van der Waals surface area contributed by atoms with Gasteiger partial charge in [-0.1, -0.05) is 0 Å². The Kier molecular flexibility index (Phi) is 6.85. The molecule has 0 unspecified atom stereocenters. The van der Waals surface area contributed by atoms with Crippen molar-refractivity contribution in [3.8, 4) is 5.69 Å². The van der Waals surface area contributed by atoms with E-state index in [1.54, 1.807) is 31.4 Å². The number of benzene rings is 1. The Morgan fingerprint density at radius 1 is 1.07 bits per heavy atom. The average molecular weight is 567 g/mol. The molecule has 6 rings (SSSR count). The summed E-state index contributed by atoms with van der Waals surface area (Å²) in [7, 11) is 1.72. The minimum atomic E-state index is -2.85. The number of rotatable bonds is 7. The third kappa shape index (κ3) is 5.10. The minimum Gasteiger partial charge on any atom is -0.380 e. The standard InChI is InChI=1S/C29H32F2N6O4/c1-18-3-8-22-25(32-18)37(24(33-22)17-35-14-9-21(15-35)41-2)20-6-4-19(5-7-20)23(38)16-36-26(39)28(34-27(36)40)10-12-29(30,31)13-11-28/h3-8,21H,9-17H2,1-2H3,(H,34,40)/t21-/m0/s1. The van der Waals surface area contributed by atoms with Gasteiger partial charge in [0.05, 0.1) is 19.2 Å². The topological polar surface area (TPSA) is 110 Å². The third-order valence-electron chi connectivity index (χ3n) is 8.47. The van der Waals surface area contributed by atoms with Gasteiger partial charge in [-0.3, -0.25) is 24.0 Å². The van der Waals surface area contributed by atoms with E-state index in [9.17, 15) is 23.2 Å². The summed E-state index contributed by atoms with van der Waals surface area (Å²) in [5, 5.41) is 2.58. The zero-order chi connectivity index (χ0) is 28.9. The number of carbonyl (C=O) groups excluding carboxylic acids is 3. The lowest BCUT2D eigenvalue weighted by Crippen LogP contribution is -2.51. The highest BCUT2D eigenvalue weighted by molar-refractivity contribution is 6.11. The number of Topliss-reactive ketones (excluding diaryl/α,β-unsaturated/α-hetero) is 1. The molecule has 2 aromatic heterocycles. The number of alkyl halides is 2. The molecule has 216 valence electrons. The van der Waals surface area contributed by atoms with Gasteiger partial charge < -0.3 is 10.1 Å². The van der Waals surface area contributed by atoms with Crippen LogP contribution in [0.15, 0.2) is 36.4 Å². The number of likely N-dealkylation sites (tertiary alicyclic amines) is 1. The molecule has 2 aliphatic heterocycles. The largest absolute Gasteiger partial charge is 0.380 e. The quantitative estimate of drug-likeness (QED) is 0.344. The molecule has 1 spiro atoms. The average Bonchev–Trinajstić information content (AvgIpc) is 3.61. The van der Waals surface area contributed by atoms with Crippen LogP contribution in [0.4, 0.5) is 13.6 Å². The molecule has 3 aliphatic rings. The molecule has 0 bridgehead atoms. The molecule has 10 nitrogen and oxygen atoms in total. The van der Waals surface area contributed by atoms with Crippen LogP contribution in [0.1, 0.15) is 54.0 Å². The van der Waals surface area contributed by atoms with E-state index in [4.69, 9.17) is 14.7 Å². The van der Waals surface area contributed by atoms with E-state index in [2.05, 4.69) is 10.2 Å². The van der Waals surface area contributed by atoms with E-state index in [0.717, 1.165) is 47.1 Å². The van der Waals surface area contributed by atoms with Crippen LogP contribution in [-0.2, 0) is 16.1 Å². The number of imidazole rings is 1. The van der Waals surface area contributed by atoms with Gasteiger partial charge >= 0.3 is 6.03 Å². The number of ketones is 1. The van der Waals surface area contributed by atoms with Crippen molar-refractivity contribution in [1.29, 1.82) is 0 Å². The fourth-order valence-electron chi connectivity index (χ4n) is 6.04. The molecule has 0 radical (unpaired) electrons. The van der Waals surface area contributed by atoms with E-state index >= 15 is 0 Å². The highest BCUT2D eigenvalue weighted by Crippen LogP contribution is 2.41. The second-order valence-corrected chi connectivity index (χ2v) is 11.3. The molecule has 12 heteroatoms. The lowest BCUT2D eigenvalue weighted by Gasteiger charge is -2.34. The van der Waals surface area contributed by atoms with Crippen molar-refractivity contribution in [3.63, 3.8) is 0 Å². The van der Waals surface area contributed by atoms with Crippen molar-refractivity contribution < 1.29 is 27.9 Å². The second-order valence-electron chi connectivity index (χ2n) is 11.3. The number of halogens is 2. The summed E-state index contributed by atoms with van der Waals surface area (Å²) in [6, 6.07) is 10.0. The lowest BCUT2D eigenvalue weighted by molar-refractivity contribution is -0.135. The summed E-state index contributed by atoms with van der Waals surface area (Å²) in [5.41, 5.74) is 2.07. The zero-order valence-corrected chi connectivity index (χ0v) is 23.0. The first-order valence-corrected chi connectivity index (χ1v) is 13.8. The van der Waals surface area contributed by atoms with Gasteiger partial charge in [-0.05, 0) is 62.6 Å². The first-order valence-electron chi connectivity index (χ1n) is 13.8. The molecular formula is C29H32F2N6O4. The van der Waals surface area contributed by atoms with Crippen LogP contribution in [0.5, 0.6) is 0 Å². The second kappa shape index (κ2) is 10.3. The number of imide groups is 1. The Balaban J connectivity index is 1.22. The number of carbonyl (C=O) groups is 3. The Morgan fingerprint density at radius 2 is 1.80 bits per heavy atom. The van der Waals surface area contributed by atoms with Gasteiger partial charge in [0.25, 0.3) is 5.91 Å². The Morgan fingerprint density at radius 3 is 2.49 bits per heavy atom. The molecular weight excluding hydrogens is 534 g/mol. The van der Waals surface area contributed by atoms with Crippen LogP contribution in [0, 0.1) is 6.92 Å². The van der Waals surface area contributed by atoms with E-state index in [1.165, 1.54) is 0 Å². The first-order chi connectivity index (χ1) is 19.6. The fraction of sp³-hybridized carbons (Fsp3) is 0.483. The fourth-order valence-corrected chi connectivity index (χ4v) is 6.04. The Labute approximate surface area is 235 Å². The van der Waals surface area contributed by atoms with Crippen molar-refractivity contribution in [2.24, 2.45) is 0 Å². The summed E-state index contributed by atoms with van der Waals surface area (Å²) in [6.07, 6.45) is -0.115. The summed E-state index contributed by atoms with van der Waals surface area (Å²) in [6.45, 7) is 3.77. The molecule has 1 saturated carbocycles. The van der Waals surface area contributed by atoms with Gasteiger partial charge in [-0.15, -0.1) is 0 Å². The number of urea groups is 1. The van der Waals surface area contributed by atoms with Gasteiger partial charge in [0, 0.05) is 50.0 Å². The number of nitrogens with one attached hydrogen (secondary N) is 1. The number of pyridine rings is 1. The number of aromatic nitrogens is 3. The molecule has 1 atom stereocenters. The maximum Gasteiger partial charge on any atom is 0.325 e. The smallest absolute Gasteiger partial charge is 0.325 e. The first kappa shape index (κ1) is 27.4. The van der Waals surface area contributed by atoms with Crippen LogP contribution in [0.2, 0.25) is 0 Å². The van der Waals surface area contributed by atoms with Gasteiger partial charge in [0.1, 0.15) is 16.9 Å². The molecule has 41 heavy (non-hydrogen) atoms. The number of hydrogen-bond donors (Lipinski definition) is 1. The molecule has 1 aliphatic carbocycles. The van der Waals surface area contributed by atoms with Crippen molar-refractivity contribution in [2.75, 3.05) is 26.7 Å². The van der Waals surface area contributed by atoms with Gasteiger partial charge in [0.15, 0.2) is 11.4 Å². The van der Waals surface area contributed by atoms with Crippen molar-refractivity contribution >= 4 is 28.9 Å². The predicted molar refractivity (Wildman–Crippen MR) is 145 cm³/mol. The Hall–Kier alpha value is -3.77. The number of fused-ring (bicyclic) bond motifs is 1. The molecule has 4 heterocycles. The maximum atomic E-state index is 13.7. The number of aryl methyl sites for hydroxylation is 1. The summed E-state index contributed by atoms with van der Waals surface area (Å²) in [4.78, 5) is 51.5. The molecule has 2 saturated heterocycles. The van der Waals surface area contributed by atoms with Gasteiger partial charge in [0.2, 0.25) is 5.92 Å². The third-order valence-corrected chi connectivity index (χ3v) is 8.47. The number of amides is 3. The number of ether oxygens (including phenoxy) is 1. The predicted octanol–water partition coefficient (Wildman–Crippen LogP) is 3.63. The van der Waals surface area contributed by atoms with Crippen LogP contribution < -0.4 is 5.32 Å². The summed E-state index contributed by atoms with van der Waals surface area (Å²) < 4.78 is 34.9. The molecule has 3 aromatic rings. The van der Waals surface area contributed by atoms with E-state index < -0.39 is 48.6 Å². The highest BCUT2D eigenvalue weighted by atomic mass is 19.3. The summed E-state index contributed by atoms with van der Waals surface area (Å²) in [5.74, 6) is -3.07. The SMILES string of the molecule is CO[C@H]1CCN(Cc2nc3ccc(C)nc3n2-c2ccc(C(=O)CN3C(=O)NC4(CCC(F)(F)CC4)C3=O)cc2)C1. The van der Waals surface area contributed by atoms with Crippen molar-refractivity contribution in [1.82, 2.24) is 29.7 Å². The number of nitrogens with zero attached hydrogens (tertiary/aromatic N) is 5. The lowest BCUT2D eigenvalue weighted by atomic mass is 9.80. The van der Waals surface area contributed by atoms with Crippen LogP contribution >= 0.6 is 0 Å². The normalized spacial score (nSPS) is 22.1.